The number of fused-ring (bicyclic) bond motifs is 4. The fourth-order valence-electron chi connectivity index (χ4n) is 6.11. The minimum Gasteiger partial charge on any atom is -0.481 e. The number of anilines is 2. The van der Waals surface area contributed by atoms with E-state index in [1.165, 1.54) is 12.0 Å². The minimum absolute atomic E-state index is 0.131. The average molecular weight is 511 g/mol. The summed E-state index contributed by atoms with van der Waals surface area (Å²) >= 11 is 0. The van der Waals surface area contributed by atoms with E-state index in [-0.39, 0.29) is 12.8 Å². The number of carbonyl (C=O) groups is 4. The van der Waals surface area contributed by atoms with Crippen molar-refractivity contribution >= 4 is 35.0 Å². The van der Waals surface area contributed by atoms with E-state index >= 15 is 0 Å². The molecule has 4 atom stereocenters. The van der Waals surface area contributed by atoms with Crippen LogP contribution in [0.3, 0.4) is 0 Å². The zero-order chi connectivity index (χ0) is 26.7. The van der Waals surface area contributed by atoms with E-state index in [9.17, 15) is 19.2 Å². The Kier molecular flexibility index (Phi) is 5.59. The van der Waals surface area contributed by atoms with Crippen molar-refractivity contribution in [2.75, 3.05) is 16.9 Å². The summed E-state index contributed by atoms with van der Waals surface area (Å²) < 4.78 is 5.55. The van der Waals surface area contributed by atoms with E-state index in [2.05, 4.69) is 9.97 Å². The summed E-state index contributed by atoms with van der Waals surface area (Å²) in [5, 5.41) is 0. The second kappa shape index (κ2) is 8.86. The van der Waals surface area contributed by atoms with Crippen molar-refractivity contribution in [3.63, 3.8) is 0 Å². The van der Waals surface area contributed by atoms with Crippen molar-refractivity contribution in [2.24, 2.45) is 23.7 Å². The van der Waals surface area contributed by atoms with Gasteiger partial charge in [0.15, 0.2) is 0 Å². The molecule has 2 aromatic carbocycles. The summed E-state index contributed by atoms with van der Waals surface area (Å²) in [5.74, 6) is -4.69. The van der Waals surface area contributed by atoms with Crippen LogP contribution in [-0.2, 0) is 32.0 Å². The molecule has 1 aliphatic carbocycles. The van der Waals surface area contributed by atoms with Crippen LogP contribution in [-0.4, -0.2) is 40.7 Å². The maximum atomic E-state index is 14.0. The van der Waals surface area contributed by atoms with Gasteiger partial charge in [0.1, 0.15) is 5.82 Å². The fraction of sp³-hybridized carbons (Fsp3) is 0.310. The third-order valence-corrected chi connectivity index (χ3v) is 7.84. The molecule has 0 spiro atoms. The number of aromatic nitrogens is 2. The number of para-hydroxylation sites is 1. The van der Waals surface area contributed by atoms with Crippen LogP contribution in [0.4, 0.5) is 11.4 Å². The molecule has 4 amide bonds. The molecule has 0 bridgehead atoms. The Morgan fingerprint density at radius 2 is 1.26 bits per heavy atom. The van der Waals surface area contributed by atoms with Gasteiger partial charge in [-0.3, -0.25) is 29.0 Å². The fourth-order valence-corrected chi connectivity index (χ4v) is 6.11. The summed E-state index contributed by atoms with van der Waals surface area (Å²) in [6.07, 6.45) is 0.273. The monoisotopic (exact) mass is 510 g/mol. The zero-order valence-corrected chi connectivity index (χ0v) is 21.2. The van der Waals surface area contributed by atoms with Gasteiger partial charge < -0.3 is 4.74 Å². The lowest BCUT2D eigenvalue weighted by atomic mass is 9.71. The van der Waals surface area contributed by atoms with Crippen LogP contribution >= 0.6 is 0 Å². The van der Waals surface area contributed by atoms with Crippen molar-refractivity contribution < 1.29 is 23.9 Å². The van der Waals surface area contributed by atoms with Crippen molar-refractivity contribution in [3.8, 4) is 5.88 Å². The third-order valence-electron chi connectivity index (χ3n) is 7.84. The van der Waals surface area contributed by atoms with E-state index in [4.69, 9.17) is 4.74 Å². The lowest BCUT2D eigenvalue weighted by molar-refractivity contribution is -0.131. The van der Waals surface area contributed by atoms with Crippen LogP contribution in [0.2, 0.25) is 0 Å². The van der Waals surface area contributed by atoms with Gasteiger partial charge in [0.25, 0.3) is 0 Å². The molecule has 3 aromatic rings. The second-order valence-electron chi connectivity index (χ2n) is 10.1. The molecule has 9 nitrogen and oxygen atoms in total. The first kappa shape index (κ1) is 24.0. The summed E-state index contributed by atoms with van der Waals surface area (Å²) in [5.41, 5.74) is 3.03. The first-order valence-electron chi connectivity index (χ1n) is 12.6. The Balaban J connectivity index is 1.53. The van der Waals surface area contributed by atoms with Gasteiger partial charge in [-0.1, -0.05) is 35.9 Å². The topological polar surface area (TPSA) is 110 Å². The standard InChI is InChI=1S/C29H26N4O5/c1-15-9-11-18(12-10-15)33-26(34)20-13-19-22(30-16(2)31-25(19)38-3)14-21-24(23(20)28(33)36)29(37)32(27(21)35)17-7-5-4-6-8-17/h4-12,20-21,23-24H,13-14H2,1-3H3. The lowest BCUT2D eigenvalue weighted by Crippen LogP contribution is -2.39. The summed E-state index contributed by atoms with van der Waals surface area (Å²) in [6, 6.07) is 15.8. The number of methoxy groups -OCH3 is 1. The van der Waals surface area contributed by atoms with Gasteiger partial charge in [-0.05, 0) is 44.5 Å². The SMILES string of the molecule is COc1nc(C)nc2c1CC1C(=O)N(c3ccc(C)cc3)C(=O)C1C1C(=O)N(c3ccccc3)C(=O)C1C2. The first-order chi connectivity index (χ1) is 18.3. The van der Waals surface area contributed by atoms with Gasteiger partial charge in [0.2, 0.25) is 29.5 Å². The van der Waals surface area contributed by atoms with Gasteiger partial charge in [-0.25, -0.2) is 4.98 Å². The van der Waals surface area contributed by atoms with Crippen LogP contribution in [0.15, 0.2) is 54.6 Å². The maximum Gasteiger partial charge on any atom is 0.238 e. The van der Waals surface area contributed by atoms with Crippen molar-refractivity contribution in [1.29, 1.82) is 0 Å². The highest BCUT2D eigenvalue weighted by atomic mass is 16.5. The third kappa shape index (κ3) is 3.53. The molecular formula is C29H26N4O5. The summed E-state index contributed by atoms with van der Waals surface area (Å²) in [4.78, 5) is 67.1. The van der Waals surface area contributed by atoms with E-state index in [1.807, 2.05) is 19.1 Å². The normalized spacial score (nSPS) is 24.6. The number of hydrogen-bond donors (Lipinski definition) is 0. The predicted molar refractivity (Wildman–Crippen MR) is 137 cm³/mol. The van der Waals surface area contributed by atoms with Crippen LogP contribution < -0.4 is 14.5 Å². The van der Waals surface area contributed by atoms with E-state index < -0.39 is 47.3 Å². The molecule has 0 N–H and O–H groups in total. The highest BCUT2D eigenvalue weighted by Crippen LogP contribution is 2.48. The van der Waals surface area contributed by atoms with Crippen molar-refractivity contribution in [3.05, 3.63) is 77.2 Å². The van der Waals surface area contributed by atoms with E-state index in [0.717, 1.165) is 10.5 Å². The molecular weight excluding hydrogens is 484 g/mol. The van der Waals surface area contributed by atoms with Gasteiger partial charge in [-0.15, -0.1) is 0 Å². The number of nitrogens with zero attached hydrogens (tertiary/aromatic N) is 4. The number of ether oxygens (including phenoxy) is 1. The predicted octanol–water partition coefficient (Wildman–Crippen LogP) is 2.81. The molecule has 1 aromatic heterocycles. The number of amides is 4. The second-order valence-corrected chi connectivity index (χ2v) is 10.1. The van der Waals surface area contributed by atoms with Crippen LogP contribution in [0.5, 0.6) is 5.88 Å². The average Bonchev–Trinajstić information content (AvgIpc) is 3.27. The quantitative estimate of drug-likeness (QED) is 0.499. The molecule has 6 rings (SSSR count). The molecule has 2 fully saturated rings. The molecule has 4 unspecified atom stereocenters. The van der Waals surface area contributed by atoms with Gasteiger partial charge in [-0.2, -0.15) is 4.98 Å². The molecule has 3 aliphatic rings. The van der Waals surface area contributed by atoms with Crippen molar-refractivity contribution in [2.45, 2.75) is 26.7 Å². The molecule has 9 heteroatoms. The summed E-state index contributed by atoms with van der Waals surface area (Å²) in [6.45, 7) is 3.64. The molecule has 192 valence electrons. The van der Waals surface area contributed by atoms with Crippen molar-refractivity contribution in [1.82, 2.24) is 9.97 Å². The highest BCUT2D eigenvalue weighted by molar-refractivity contribution is 6.27. The molecule has 3 heterocycles. The minimum atomic E-state index is -1.00. The van der Waals surface area contributed by atoms with E-state index in [0.29, 0.717) is 34.3 Å². The largest absolute Gasteiger partial charge is 0.481 e. The molecule has 2 saturated heterocycles. The van der Waals surface area contributed by atoms with Crippen LogP contribution in [0, 0.1) is 37.5 Å². The number of benzene rings is 2. The number of rotatable bonds is 3. The molecule has 0 saturated carbocycles. The van der Waals surface area contributed by atoms with E-state index in [1.54, 1.807) is 49.4 Å². The Hall–Kier alpha value is -4.40. The number of hydrogen-bond acceptors (Lipinski definition) is 7. The Bertz CT molecular complexity index is 1490. The smallest absolute Gasteiger partial charge is 0.238 e. The molecule has 38 heavy (non-hydrogen) atoms. The van der Waals surface area contributed by atoms with Gasteiger partial charge in [0, 0.05) is 12.0 Å². The zero-order valence-electron chi connectivity index (χ0n) is 21.2. The Morgan fingerprint density at radius 3 is 1.84 bits per heavy atom. The lowest BCUT2D eigenvalue weighted by Gasteiger charge is -2.28. The van der Waals surface area contributed by atoms with Crippen LogP contribution in [0.1, 0.15) is 22.6 Å². The number of aryl methyl sites for hydroxylation is 2. The molecule has 2 aliphatic heterocycles. The van der Waals surface area contributed by atoms with Gasteiger partial charge in [0.05, 0.1) is 47.9 Å². The highest BCUT2D eigenvalue weighted by Gasteiger charge is 2.62. The van der Waals surface area contributed by atoms with Gasteiger partial charge >= 0.3 is 0 Å². The maximum absolute atomic E-state index is 14.0. The Labute approximate surface area is 219 Å². The Morgan fingerprint density at radius 1 is 0.711 bits per heavy atom. The first-order valence-corrected chi connectivity index (χ1v) is 12.6. The molecule has 0 radical (unpaired) electrons. The number of imide groups is 2. The van der Waals surface area contributed by atoms with Crippen LogP contribution in [0.25, 0.3) is 0 Å². The summed E-state index contributed by atoms with van der Waals surface area (Å²) in [7, 11) is 1.49. The number of carbonyl (C=O) groups excluding carboxylic acids is 4.